The zero-order valence-electron chi connectivity index (χ0n) is 11.7. The molecule has 0 aliphatic carbocycles. The standard InChI is InChI=1S/C15H25NO/c1-6-16-15(13(5)17-7-2)14-10-11(3)8-9-12(14)4/h8-10,13,15-16H,6-7H2,1-5H3. The van der Waals surface area contributed by atoms with Crippen LogP contribution >= 0.6 is 0 Å². The molecule has 0 aliphatic rings. The monoisotopic (exact) mass is 235 g/mol. The van der Waals surface area contributed by atoms with E-state index in [1.165, 1.54) is 16.7 Å². The molecule has 0 fully saturated rings. The van der Waals surface area contributed by atoms with Crippen molar-refractivity contribution >= 4 is 0 Å². The van der Waals surface area contributed by atoms with Crippen LogP contribution in [0.25, 0.3) is 0 Å². The Morgan fingerprint density at radius 2 is 1.94 bits per heavy atom. The highest BCUT2D eigenvalue weighted by Crippen LogP contribution is 2.23. The minimum Gasteiger partial charge on any atom is -0.377 e. The number of hydrogen-bond acceptors (Lipinski definition) is 2. The van der Waals surface area contributed by atoms with Crippen LogP contribution in [0, 0.1) is 13.8 Å². The van der Waals surface area contributed by atoms with E-state index in [9.17, 15) is 0 Å². The SMILES string of the molecule is CCNC(c1cc(C)ccc1C)C(C)OCC. The predicted octanol–water partition coefficient (Wildman–Crippen LogP) is 3.38. The molecule has 0 amide bonds. The molecule has 2 nitrogen and oxygen atoms in total. The van der Waals surface area contributed by atoms with Crippen molar-refractivity contribution in [2.24, 2.45) is 0 Å². The molecule has 0 aliphatic heterocycles. The molecular weight excluding hydrogens is 210 g/mol. The van der Waals surface area contributed by atoms with Crippen LogP contribution in [0.4, 0.5) is 0 Å². The van der Waals surface area contributed by atoms with E-state index in [1.807, 2.05) is 6.92 Å². The number of rotatable bonds is 6. The van der Waals surface area contributed by atoms with Gasteiger partial charge in [-0.05, 0) is 45.4 Å². The van der Waals surface area contributed by atoms with Gasteiger partial charge < -0.3 is 10.1 Å². The average molecular weight is 235 g/mol. The third-order valence-corrected chi connectivity index (χ3v) is 3.09. The van der Waals surface area contributed by atoms with E-state index in [4.69, 9.17) is 4.74 Å². The second-order valence-electron chi connectivity index (χ2n) is 4.56. The van der Waals surface area contributed by atoms with Crippen LogP contribution in [-0.4, -0.2) is 19.3 Å². The Bertz CT molecular complexity index is 349. The van der Waals surface area contributed by atoms with E-state index in [-0.39, 0.29) is 12.1 Å². The first-order valence-corrected chi connectivity index (χ1v) is 6.52. The van der Waals surface area contributed by atoms with Crippen molar-refractivity contribution in [1.29, 1.82) is 0 Å². The van der Waals surface area contributed by atoms with Crippen LogP contribution < -0.4 is 5.32 Å². The van der Waals surface area contributed by atoms with Gasteiger partial charge >= 0.3 is 0 Å². The first-order valence-electron chi connectivity index (χ1n) is 6.52. The molecule has 0 spiro atoms. The van der Waals surface area contributed by atoms with Gasteiger partial charge in [-0.3, -0.25) is 0 Å². The Morgan fingerprint density at radius 1 is 1.24 bits per heavy atom. The van der Waals surface area contributed by atoms with Crippen LogP contribution in [0.5, 0.6) is 0 Å². The van der Waals surface area contributed by atoms with E-state index < -0.39 is 0 Å². The molecule has 2 unspecified atom stereocenters. The van der Waals surface area contributed by atoms with Crippen molar-refractivity contribution in [3.05, 3.63) is 34.9 Å². The molecule has 96 valence electrons. The summed E-state index contributed by atoms with van der Waals surface area (Å²) in [7, 11) is 0. The van der Waals surface area contributed by atoms with E-state index in [0.29, 0.717) is 0 Å². The van der Waals surface area contributed by atoms with Gasteiger partial charge in [0.1, 0.15) is 0 Å². The Hall–Kier alpha value is -0.860. The lowest BCUT2D eigenvalue weighted by Gasteiger charge is -2.26. The molecule has 0 aromatic heterocycles. The average Bonchev–Trinajstić information content (AvgIpc) is 2.30. The number of hydrogen-bond donors (Lipinski definition) is 1. The Kier molecular flexibility index (Phi) is 5.66. The van der Waals surface area contributed by atoms with Crippen LogP contribution in [0.3, 0.4) is 0 Å². The molecule has 0 heterocycles. The van der Waals surface area contributed by atoms with Gasteiger partial charge in [-0.15, -0.1) is 0 Å². The van der Waals surface area contributed by atoms with Crippen molar-refractivity contribution < 1.29 is 4.74 Å². The number of nitrogens with one attached hydrogen (secondary N) is 1. The summed E-state index contributed by atoms with van der Waals surface area (Å²) in [6.07, 6.45) is 0.195. The van der Waals surface area contributed by atoms with Crippen molar-refractivity contribution in [3.8, 4) is 0 Å². The van der Waals surface area contributed by atoms with Gasteiger partial charge in [-0.25, -0.2) is 0 Å². The molecule has 2 heteroatoms. The van der Waals surface area contributed by atoms with Crippen LogP contribution in [0.2, 0.25) is 0 Å². The number of likely N-dealkylation sites (N-methyl/N-ethyl adjacent to an activating group) is 1. The molecule has 1 rings (SSSR count). The van der Waals surface area contributed by atoms with E-state index in [1.54, 1.807) is 0 Å². The van der Waals surface area contributed by atoms with Gasteiger partial charge in [0, 0.05) is 6.61 Å². The topological polar surface area (TPSA) is 21.3 Å². The van der Waals surface area contributed by atoms with Gasteiger partial charge in [0.25, 0.3) is 0 Å². The second-order valence-corrected chi connectivity index (χ2v) is 4.56. The van der Waals surface area contributed by atoms with Crippen LogP contribution in [-0.2, 0) is 4.74 Å². The third kappa shape index (κ3) is 3.83. The maximum Gasteiger partial charge on any atom is 0.0741 e. The molecule has 17 heavy (non-hydrogen) atoms. The summed E-state index contributed by atoms with van der Waals surface area (Å²) < 4.78 is 5.74. The second kappa shape index (κ2) is 6.77. The lowest BCUT2D eigenvalue weighted by Crippen LogP contribution is -2.32. The zero-order chi connectivity index (χ0) is 12.8. The van der Waals surface area contributed by atoms with Gasteiger partial charge in [0.15, 0.2) is 0 Å². The van der Waals surface area contributed by atoms with Crippen molar-refractivity contribution in [3.63, 3.8) is 0 Å². The first kappa shape index (κ1) is 14.2. The highest BCUT2D eigenvalue weighted by atomic mass is 16.5. The number of aryl methyl sites for hydroxylation is 2. The van der Waals surface area contributed by atoms with Crippen molar-refractivity contribution in [2.75, 3.05) is 13.2 Å². The predicted molar refractivity (Wildman–Crippen MR) is 73.4 cm³/mol. The summed E-state index contributed by atoms with van der Waals surface area (Å²) >= 11 is 0. The van der Waals surface area contributed by atoms with E-state index in [2.05, 4.69) is 51.2 Å². The van der Waals surface area contributed by atoms with Gasteiger partial charge in [-0.1, -0.05) is 30.7 Å². The highest BCUT2D eigenvalue weighted by Gasteiger charge is 2.20. The quantitative estimate of drug-likeness (QED) is 0.816. The summed E-state index contributed by atoms with van der Waals surface area (Å²) in [5.41, 5.74) is 3.98. The molecule has 1 aromatic carbocycles. The van der Waals surface area contributed by atoms with Crippen molar-refractivity contribution in [1.82, 2.24) is 5.32 Å². The summed E-state index contributed by atoms with van der Waals surface area (Å²) in [5, 5.41) is 3.53. The Morgan fingerprint density at radius 3 is 2.53 bits per heavy atom. The van der Waals surface area contributed by atoms with E-state index in [0.717, 1.165) is 13.2 Å². The Labute approximate surface area is 105 Å². The number of benzene rings is 1. The Balaban J connectivity index is 2.99. The van der Waals surface area contributed by atoms with E-state index >= 15 is 0 Å². The van der Waals surface area contributed by atoms with Crippen LogP contribution in [0.1, 0.15) is 43.5 Å². The van der Waals surface area contributed by atoms with Crippen molar-refractivity contribution in [2.45, 2.75) is 46.8 Å². The van der Waals surface area contributed by atoms with Crippen LogP contribution in [0.15, 0.2) is 18.2 Å². The summed E-state index contributed by atoms with van der Waals surface area (Å²) in [5.74, 6) is 0. The first-order chi connectivity index (χ1) is 8.10. The minimum atomic E-state index is 0.195. The smallest absolute Gasteiger partial charge is 0.0741 e. The normalized spacial score (nSPS) is 14.6. The molecule has 0 saturated heterocycles. The zero-order valence-corrected chi connectivity index (χ0v) is 11.7. The summed E-state index contributed by atoms with van der Waals surface area (Å²) in [4.78, 5) is 0. The fourth-order valence-electron chi connectivity index (χ4n) is 2.20. The fraction of sp³-hybridized carbons (Fsp3) is 0.600. The summed E-state index contributed by atoms with van der Waals surface area (Å²) in [6, 6.07) is 6.89. The maximum absolute atomic E-state index is 5.74. The lowest BCUT2D eigenvalue weighted by molar-refractivity contribution is 0.0475. The fourth-order valence-corrected chi connectivity index (χ4v) is 2.20. The molecule has 2 atom stereocenters. The van der Waals surface area contributed by atoms with Gasteiger partial charge in [-0.2, -0.15) is 0 Å². The molecule has 0 saturated carbocycles. The molecule has 0 bridgehead atoms. The molecular formula is C15H25NO. The minimum absolute atomic E-state index is 0.195. The van der Waals surface area contributed by atoms with Gasteiger partial charge in [0.05, 0.1) is 12.1 Å². The maximum atomic E-state index is 5.74. The molecule has 0 radical (unpaired) electrons. The molecule has 1 N–H and O–H groups in total. The highest BCUT2D eigenvalue weighted by molar-refractivity contribution is 5.33. The molecule has 1 aromatic rings. The third-order valence-electron chi connectivity index (χ3n) is 3.09. The summed E-state index contributed by atoms with van der Waals surface area (Å²) in [6.45, 7) is 12.3. The number of ether oxygens (including phenoxy) is 1. The van der Waals surface area contributed by atoms with Gasteiger partial charge in [0.2, 0.25) is 0 Å². The lowest BCUT2D eigenvalue weighted by atomic mass is 9.95. The largest absolute Gasteiger partial charge is 0.377 e.